The van der Waals surface area contributed by atoms with E-state index in [1.165, 1.54) is 30.3 Å². The van der Waals surface area contributed by atoms with Gasteiger partial charge in [-0.3, -0.25) is 9.59 Å². The van der Waals surface area contributed by atoms with E-state index in [1.54, 1.807) is 11.0 Å². The number of nitrogens with one attached hydrogen (secondary N) is 1. The van der Waals surface area contributed by atoms with Crippen molar-refractivity contribution in [2.24, 2.45) is 5.92 Å². The molecule has 0 aliphatic carbocycles. The van der Waals surface area contributed by atoms with Crippen molar-refractivity contribution in [1.29, 1.82) is 0 Å². The van der Waals surface area contributed by atoms with Gasteiger partial charge in [0.05, 0.1) is 5.69 Å². The maximum Gasteiger partial charge on any atom is 0.253 e. The van der Waals surface area contributed by atoms with Gasteiger partial charge in [-0.2, -0.15) is 0 Å². The molecule has 0 unspecified atom stereocenters. The summed E-state index contributed by atoms with van der Waals surface area (Å²) in [4.78, 5) is 29.2. The number of piperidine rings is 1. The number of carbonyl (C=O) groups excluding carboxylic acids is 2. The molecular weight excluding hydrogens is 388 g/mol. The fourth-order valence-electron chi connectivity index (χ4n) is 4.20. The van der Waals surface area contributed by atoms with Crippen molar-refractivity contribution in [3.05, 3.63) is 59.7 Å². The monoisotopic (exact) mass is 413 g/mol. The smallest absolute Gasteiger partial charge is 0.253 e. The summed E-state index contributed by atoms with van der Waals surface area (Å²) in [5, 5.41) is 2.81. The first-order valence-corrected chi connectivity index (χ1v) is 10.4. The van der Waals surface area contributed by atoms with Gasteiger partial charge < -0.3 is 15.1 Å². The number of para-hydroxylation sites is 1. The van der Waals surface area contributed by atoms with Crippen molar-refractivity contribution in [2.75, 3.05) is 36.4 Å². The Morgan fingerprint density at radius 3 is 2.23 bits per heavy atom. The van der Waals surface area contributed by atoms with Crippen LogP contribution >= 0.6 is 0 Å². The summed E-state index contributed by atoms with van der Waals surface area (Å²) in [6.45, 7) is 2.58. The van der Waals surface area contributed by atoms with Crippen LogP contribution in [0.5, 0.6) is 0 Å². The lowest BCUT2D eigenvalue weighted by Gasteiger charge is -2.32. The molecule has 2 aromatic rings. The van der Waals surface area contributed by atoms with E-state index in [0.717, 1.165) is 31.6 Å². The minimum Gasteiger partial charge on any atom is -0.370 e. The minimum atomic E-state index is -0.434. The van der Waals surface area contributed by atoms with Gasteiger partial charge in [-0.15, -0.1) is 0 Å². The maximum atomic E-state index is 14.5. The second-order valence-electron chi connectivity index (χ2n) is 7.89. The SMILES string of the molecule is O=C(Nc1c(F)cccc1N1CCCC1)C1CCN(C(=O)c2ccc(F)cc2)CC1. The fourth-order valence-corrected chi connectivity index (χ4v) is 4.20. The summed E-state index contributed by atoms with van der Waals surface area (Å²) in [5.41, 5.74) is 1.40. The van der Waals surface area contributed by atoms with Gasteiger partial charge in [0, 0.05) is 37.7 Å². The number of likely N-dealkylation sites (tertiary alicyclic amines) is 1. The number of anilines is 2. The van der Waals surface area contributed by atoms with Crippen LogP contribution in [0.25, 0.3) is 0 Å². The zero-order valence-electron chi connectivity index (χ0n) is 16.7. The molecule has 2 amide bonds. The lowest BCUT2D eigenvalue weighted by Crippen LogP contribution is -2.41. The fraction of sp³-hybridized carbons (Fsp3) is 0.391. The Balaban J connectivity index is 1.38. The van der Waals surface area contributed by atoms with Gasteiger partial charge in [-0.05, 0) is 62.1 Å². The predicted molar refractivity (Wildman–Crippen MR) is 112 cm³/mol. The van der Waals surface area contributed by atoms with Gasteiger partial charge in [-0.1, -0.05) is 6.07 Å². The molecule has 1 N–H and O–H groups in total. The lowest BCUT2D eigenvalue weighted by molar-refractivity contribution is -0.121. The third kappa shape index (κ3) is 4.30. The van der Waals surface area contributed by atoms with E-state index in [0.29, 0.717) is 31.5 Å². The highest BCUT2D eigenvalue weighted by Gasteiger charge is 2.29. The Morgan fingerprint density at radius 1 is 0.900 bits per heavy atom. The summed E-state index contributed by atoms with van der Waals surface area (Å²) >= 11 is 0. The van der Waals surface area contributed by atoms with E-state index in [-0.39, 0.29) is 29.2 Å². The molecule has 0 radical (unpaired) electrons. The Morgan fingerprint density at radius 2 is 1.57 bits per heavy atom. The third-order valence-corrected chi connectivity index (χ3v) is 5.93. The van der Waals surface area contributed by atoms with Crippen LogP contribution in [0.3, 0.4) is 0 Å². The first-order valence-electron chi connectivity index (χ1n) is 10.4. The average Bonchev–Trinajstić information content (AvgIpc) is 3.30. The minimum absolute atomic E-state index is 0.167. The van der Waals surface area contributed by atoms with Crippen molar-refractivity contribution in [1.82, 2.24) is 4.90 Å². The molecule has 2 heterocycles. The van der Waals surface area contributed by atoms with Crippen LogP contribution in [0, 0.1) is 17.6 Å². The standard InChI is InChI=1S/C23H25F2N3O2/c24-18-8-6-17(7-9-18)23(30)28-14-10-16(11-15-28)22(29)26-21-19(25)4-3-5-20(21)27-12-1-2-13-27/h3-9,16H,1-2,10-15H2,(H,26,29). The zero-order valence-corrected chi connectivity index (χ0v) is 16.7. The highest BCUT2D eigenvalue weighted by Crippen LogP contribution is 2.32. The van der Waals surface area contributed by atoms with Gasteiger partial charge >= 0.3 is 0 Å². The quantitative estimate of drug-likeness (QED) is 0.823. The number of benzene rings is 2. The van der Waals surface area contributed by atoms with Crippen molar-refractivity contribution in [2.45, 2.75) is 25.7 Å². The van der Waals surface area contributed by atoms with Gasteiger partial charge in [0.25, 0.3) is 5.91 Å². The van der Waals surface area contributed by atoms with Crippen molar-refractivity contribution in [3.63, 3.8) is 0 Å². The molecule has 4 rings (SSSR count). The third-order valence-electron chi connectivity index (χ3n) is 5.93. The molecule has 2 aliphatic heterocycles. The molecular formula is C23H25F2N3O2. The normalized spacial score (nSPS) is 17.3. The van der Waals surface area contributed by atoms with E-state index < -0.39 is 5.82 Å². The van der Waals surface area contributed by atoms with Gasteiger partial charge in [0.15, 0.2) is 0 Å². The van der Waals surface area contributed by atoms with Crippen LogP contribution in [0.4, 0.5) is 20.2 Å². The van der Waals surface area contributed by atoms with Gasteiger partial charge in [0.2, 0.25) is 5.91 Å². The highest BCUT2D eigenvalue weighted by molar-refractivity contribution is 5.97. The number of hydrogen-bond acceptors (Lipinski definition) is 3. The largest absolute Gasteiger partial charge is 0.370 e. The summed E-state index contributed by atoms with van der Waals surface area (Å²) in [7, 11) is 0. The Kier molecular flexibility index (Phi) is 5.97. The van der Waals surface area contributed by atoms with Crippen LogP contribution in [-0.2, 0) is 4.79 Å². The average molecular weight is 413 g/mol. The number of nitrogens with zero attached hydrogens (tertiary/aromatic N) is 2. The maximum absolute atomic E-state index is 14.5. The summed E-state index contributed by atoms with van der Waals surface area (Å²) in [6.07, 6.45) is 3.13. The van der Waals surface area contributed by atoms with E-state index in [1.807, 2.05) is 6.07 Å². The molecule has 0 saturated carbocycles. The molecule has 0 spiro atoms. The number of amides is 2. The van der Waals surface area contributed by atoms with Crippen molar-refractivity contribution in [3.8, 4) is 0 Å². The Bertz CT molecular complexity index is 919. The van der Waals surface area contributed by atoms with Gasteiger partial charge in [-0.25, -0.2) is 8.78 Å². The number of hydrogen-bond donors (Lipinski definition) is 1. The predicted octanol–water partition coefficient (Wildman–Crippen LogP) is 4.06. The van der Waals surface area contributed by atoms with Crippen LogP contribution in [0.15, 0.2) is 42.5 Å². The number of halogens is 2. The summed E-state index contributed by atoms with van der Waals surface area (Å²) in [6, 6.07) is 10.3. The molecule has 2 aromatic carbocycles. The molecule has 0 bridgehead atoms. The van der Waals surface area contributed by atoms with Crippen LogP contribution in [0.2, 0.25) is 0 Å². The number of rotatable bonds is 4. The zero-order chi connectivity index (χ0) is 21.1. The first-order chi connectivity index (χ1) is 14.5. The molecule has 5 nitrogen and oxygen atoms in total. The second-order valence-corrected chi connectivity index (χ2v) is 7.89. The second kappa shape index (κ2) is 8.81. The van der Waals surface area contributed by atoms with Gasteiger partial charge in [0.1, 0.15) is 17.3 Å². The summed E-state index contributed by atoms with van der Waals surface area (Å²) in [5.74, 6) is -1.48. The van der Waals surface area contributed by atoms with Crippen molar-refractivity contribution >= 4 is 23.2 Å². The Labute approximate surface area is 174 Å². The molecule has 0 atom stereocenters. The first kappa shape index (κ1) is 20.3. The molecule has 0 aromatic heterocycles. The lowest BCUT2D eigenvalue weighted by atomic mass is 9.95. The Hall–Kier alpha value is -2.96. The molecule has 158 valence electrons. The molecule has 2 fully saturated rings. The molecule has 2 aliphatic rings. The topological polar surface area (TPSA) is 52.7 Å². The van der Waals surface area contributed by atoms with Crippen LogP contribution in [0.1, 0.15) is 36.0 Å². The van der Waals surface area contributed by atoms with Crippen LogP contribution in [-0.4, -0.2) is 42.9 Å². The van der Waals surface area contributed by atoms with E-state index in [9.17, 15) is 18.4 Å². The molecule has 30 heavy (non-hydrogen) atoms. The number of carbonyl (C=O) groups is 2. The van der Waals surface area contributed by atoms with E-state index >= 15 is 0 Å². The molecule has 7 heteroatoms. The molecule has 2 saturated heterocycles. The summed E-state index contributed by atoms with van der Waals surface area (Å²) < 4.78 is 27.6. The van der Waals surface area contributed by atoms with E-state index in [2.05, 4.69) is 10.2 Å². The van der Waals surface area contributed by atoms with Crippen LogP contribution < -0.4 is 10.2 Å². The van der Waals surface area contributed by atoms with E-state index in [4.69, 9.17) is 0 Å². The highest BCUT2D eigenvalue weighted by atomic mass is 19.1. The van der Waals surface area contributed by atoms with Crippen molar-refractivity contribution < 1.29 is 18.4 Å².